The zero-order valence-electron chi connectivity index (χ0n) is 13.0. The second kappa shape index (κ2) is 5.98. The number of nitrogens with one attached hydrogen (secondary N) is 1. The summed E-state index contributed by atoms with van der Waals surface area (Å²) in [4.78, 5) is 13.3. The second-order valence-corrected chi connectivity index (χ2v) is 7.19. The third-order valence-corrected chi connectivity index (χ3v) is 5.30. The van der Waals surface area contributed by atoms with E-state index in [0.717, 1.165) is 11.3 Å². The zero-order valence-corrected chi connectivity index (χ0v) is 13.8. The van der Waals surface area contributed by atoms with Gasteiger partial charge in [-0.1, -0.05) is 0 Å². The second-order valence-electron chi connectivity index (χ2n) is 5.51. The Labute approximate surface area is 140 Å². The summed E-state index contributed by atoms with van der Waals surface area (Å²) >= 11 is 0. The number of nitriles is 1. The van der Waals surface area contributed by atoms with Gasteiger partial charge >= 0.3 is 0 Å². The van der Waals surface area contributed by atoms with Crippen molar-refractivity contribution in [1.82, 2.24) is 0 Å². The molecule has 0 saturated carbocycles. The van der Waals surface area contributed by atoms with Gasteiger partial charge in [-0.2, -0.15) is 5.26 Å². The fourth-order valence-electron chi connectivity index (χ4n) is 2.72. The standard InChI is InChI=1S/C17H15N3O3S/c1-12(21)20-9-8-14-10-15(4-7-17(14)20)19-24(22,23)16-5-2-13(11-18)3-6-16/h2-7,10,19H,8-9H2,1H3. The highest BCUT2D eigenvalue weighted by Gasteiger charge is 2.23. The molecule has 3 rings (SSSR count). The number of amides is 1. The van der Waals surface area contributed by atoms with E-state index in [-0.39, 0.29) is 10.8 Å². The third-order valence-electron chi connectivity index (χ3n) is 3.90. The average Bonchev–Trinajstić information content (AvgIpc) is 2.98. The first-order chi connectivity index (χ1) is 11.4. The van der Waals surface area contributed by atoms with Gasteiger partial charge in [0.15, 0.2) is 0 Å². The first-order valence-corrected chi connectivity index (χ1v) is 8.83. The number of benzene rings is 2. The molecular weight excluding hydrogens is 326 g/mol. The lowest BCUT2D eigenvalue weighted by molar-refractivity contribution is -0.116. The number of nitrogens with zero attached hydrogens (tertiary/aromatic N) is 2. The molecule has 1 heterocycles. The van der Waals surface area contributed by atoms with Crippen LogP contribution in [0.3, 0.4) is 0 Å². The van der Waals surface area contributed by atoms with Crippen LogP contribution in [0.25, 0.3) is 0 Å². The Morgan fingerprint density at radius 1 is 1.21 bits per heavy atom. The Kier molecular flexibility index (Phi) is 3.99. The number of carbonyl (C=O) groups excluding carboxylic acids is 1. The van der Waals surface area contributed by atoms with Crippen molar-refractivity contribution in [1.29, 1.82) is 5.26 Å². The molecule has 6 nitrogen and oxygen atoms in total. The molecule has 1 aliphatic heterocycles. The highest BCUT2D eigenvalue weighted by atomic mass is 32.2. The monoisotopic (exact) mass is 341 g/mol. The van der Waals surface area contributed by atoms with E-state index in [4.69, 9.17) is 5.26 Å². The molecule has 0 aliphatic carbocycles. The maximum Gasteiger partial charge on any atom is 0.261 e. The van der Waals surface area contributed by atoms with E-state index in [1.165, 1.54) is 31.2 Å². The van der Waals surface area contributed by atoms with Gasteiger partial charge in [-0.15, -0.1) is 0 Å². The molecule has 2 aromatic carbocycles. The number of sulfonamides is 1. The Morgan fingerprint density at radius 2 is 1.92 bits per heavy atom. The normalized spacial score (nSPS) is 13.2. The molecule has 2 aromatic rings. The smallest absolute Gasteiger partial charge is 0.261 e. The first-order valence-electron chi connectivity index (χ1n) is 7.35. The van der Waals surface area contributed by atoms with Crippen molar-refractivity contribution in [3.63, 3.8) is 0 Å². The predicted octanol–water partition coefficient (Wildman–Crippen LogP) is 2.27. The number of hydrogen-bond acceptors (Lipinski definition) is 4. The van der Waals surface area contributed by atoms with Gasteiger partial charge in [0, 0.05) is 24.8 Å². The Morgan fingerprint density at radius 3 is 2.54 bits per heavy atom. The Hall–Kier alpha value is -2.85. The molecule has 0 fully saturated rings. The van der Waals surface area contributed by atoms with Gasteiger partial charge in [0.2, 0.25) is 5.91 Å². The summed E-state index contributed by atoms with van der Waals surface area (Å²) in [5.41, 5.74) is 2.60. The number of carbonyl (C=O) groups is 1. The number of rotatable bonds is 3. The first kappa shape index (κ1) is 16.0. The molecule has 7 heteroatoms. The van der Waals surface area contributed by atoms with Crippen LogP contribution in [0.4, 0.5) is 11.4 Å². The van der Waals surface area contributed by atoms with Crippen molar-refractivity contribution >= 4 is 27.3 Å². The lowest BCUT2D eigenvalue weighted by Gasteiger charge is -2.15. The lowest BCUT2D eigenvalue weighted by Crippen LogP contribution is -2.25. The predicted molar refractivity (Wildman–Crippen MR) is 90.1 cm³/mol. The molecule has 1 amide bonds. The average molecular weight is 341 g/mol. The summed E-state index contributed by atoms with van der Waals surface area (Å²) in [5.74, 6) is -0.0281. The maximum atomic E-state index is 12.4. The molecule has 0 atom stereocenters. The molecule has 1 aliphatic rings. The van der Waals surface area contributed by atoms with E-state index in [2.05, 4.69) is 4.72 Å². The minimum Gasteiger partial charge on any atom is -0.312 e. The van der Waals surface area contributed by atoms with Gasteiger partial charge in [-0.3, -0.25) is 9.52 Å². The van der Waals surface area contributed by atoms with Crippen molar-refractivity contribution < 1.29 is 13.2 Å². The molecule has 0 unspecified atom stereocenters. The van der Waals surface area contributed by atoms with Crippen LogP contribution in [-0.2, 0) is 21.2 Å². The van der Waals surface area contributed by atoms with Gasteiger partial charge in [0.1, 0.15) is 0 Å². The van der Waals surface area contributed by atoms with Crippen LogP contribution in [0.15, 0.2) is 47.4 Å². The van der Waals surface area contributed by atoms with Crippen LogP contribution in [0.1, 0.15) is 18.1 Å². The topological polar surface area (TPSA) is 90.3 Å². The fraction of sp³-hybridized carbons (Fsp3) is 0.176. The van der Waals surface area contributed by atoms with E-state index in [1.807, 2.05) is 6.07 Å². The van der Waals surface area contributed by atoms with Gasteiger partial charge in [0.05, 0.1) is 16.5 Å². The summed E-state index contributed by atoms with van der Waals surface area (Å²) in [6.45, 7) is 2.12. The zero-order chi connectivity index (χ0) is 17.3. The molecule has 24 heavy (non-hydrogen) atoms. The highest BCUT2D eigenvalue weighted by molar-refractivity contribution is 7.92. The van der Waals surface area contributed by atoms with E-state index < -0.39 is 10.0 Å². The number of fused-ring (bicyclic) bond motifs is 1. The van der Waals surface area contributed by atoms with E-state index in [9.17, 15) is 13.2 Å². The summed E-state index contributed by atoms with van der Waals surface area (Å²) in [6, 6.07) is 12.8. The Balaban J connectivity index is 1.86. The van der Waals surface area contributed by atoms with Crippen molar-refractivity contribution in [2.45, 2.75) is 18.2 Å². The molecule has 0 bridgehead atoms. The van der Waals surface area contributed by atoms with E-state index in [1.54, 1.807) is 23.1 Å². The molecule has 0 saturated heterocycles. The van der Waals surface area contributed by atoms with Gasteiger partial charge in [-0.25, -0.2) is 8.42 Å². The molecule has 0 radical (unpaired) electrons. The lowest BCUT2D eigenvalue weighted by atomic mass is 10.1. The van der Waals surface area contributed by atoms with Gasteiger partial charge in [-0.05, 0) is 54.4 Å². The third kappa shape index (κ3) is 2.96. The largest absolute Gasteiger partial charge is 0.312 e. The minimum absolute atomic E-state index is 0.0281. The Bertz CT molecular complexity index is 944. The molecule has 1 N–H and O–H groups in total. The molecule has 0 spiro atoms. The summed E-state index contributed by atoms with van der Waals surface area (Å²) < 4.78 is 27.4. The maximum absolute atomic E-state index is 12.4. The highest BCUT2D eigenvalue weighted by Crippen LogP contribution is 2.31. The van der Waals surface area contributed by atoms with E-state index in [0.29, 0.717) is 24.2 Å². The summed E-state index contributed by atoms with van der Waals surface area (Å²) in [7, 11) is -3.73. The van der Waals surface area contributed by atoms with Crippen LogP contribution in [0.5, 0.6) is 0 Å². The van der Waals surface area contributed by atoms with Crippen molar-refractivity contribution in [3.8, 4) is 6.07 Å². The van der Waals surface area contributed by atoms with Crippen molar-refractivity contribution in [3.05, 3.63) is 53.6 Å². The minimum atomic E-state index is -3.73. The van der Waals surface area contributed by atoms with Crippen LogP contribution in [-0.4, -0.2) is 20.9 Å². The van der Waals surface area contributed by atoms with Gasteiger partial charge < -0.3 is 4.90 Å². The summed E-state index contributed by atoms with van der Waals surface area (Å²) in [6.07, 6.45) is 0.696. The number of anilines is 2. The summed E-state index contributed by atoms with van der Waals surface area (Å²) in [5, 5.41) is 8.77. The van der Waals surface area contributed by atoms with Crippen LogP contribution in [0, 0.1) is 11.3 Å². The fourth-order valence-corrected chi connectivity index (χ4v) is 3.76. The number of hydrogen-bond donors (Lipinski definition) is 1. The quantitative estimate of drug-likeness (QED) is 0.927. The van der Waals surface area contributed by atoms with Crippen molar-refractivity contribution in [2.75, 3.05) is 16.2 Å². The van der Waals surface area contributed by atoms with Gasteiger partial charge in [0.25, 0.3) is 10.0 Å². The van der Waals surface area contributed by atoms with Crippen LogP contribution in [0.2, 0.25) is 0 Å². The van der Waals surface area contributed by atoms with Crippen LogP contribution < -0.4 is 9.62 Å². The molecule has 0 aromatic heterocycles. The SMILES string of the molecule is CC(=O)N1CCc2cc(NS(=O)(=O)c3ccc(C#N)cc3)ccc21. The molecular formula is C17H15N3O3S. The van der Waals surface area contributed by atoms with Crippen LogP contribution >= 0.6 is 0 Å². The van der Waals surface area contributed by atoms with E-state index >= 15 is 0 Å². The van der Waals surface area contributed by atoms with Crippen molar-refractivity contribution in [2.24, 2.45) is 0 Å². The molecule has 122 valence electrons.